The fourth-order valence-corrected chi connectivity index (χ4v) is 5.18. The van der Waals surface area contributed by atoms with Gasteiger partial charge in [0.1, 0.15) is 23.9 Å². The van der Waals surface area contributed by atoms with Gasteiger partial charge in [-0.05, 0) is 60.4 Å². The summed E-state index contributed by atoms with van der Waals surface area (Å²) in [6, 6.07) is 15.2. The van der Waals surface area contributed by atoms with E-state index >= 15 is 0 Å². The molecule has 6 nitrogen and oxygen atoms in total. The number of aromatic amines is 1. The molecule has 1 saturated heterocycles. The maximum absolute atomic E-state index is 13.7. The van der Waals surface area contributed by atoms with Gasteiger partial charge in [-0.3, -0.25) is 15.0 Å². The Bertz CT molecular complexity index is 1410. The minimum atomic E-state index is -0.405. The third-order valence-corrected chi connectivity index (χ3v) is 7.35. The van der Waals surface area contributed by atoms with Crippen LogP contribution in [0.25, 0.3) is 22.0 Å². The van der Waals surface area contributed by atoms with Gasteiger partial charge in [0.2, 0.25) is 0 Å². The predicted octanol–water partition coefficient (Wildman–Crippen LogP) is 5.88. The van der Waals surface area contributed by atoms with Crippen molar-refractivity contribution >= 4 is 22.0 Å². The maximum atomic E-state index is 13.7. The monoisotopic (exact) mass is 484 g/mol. The Kier molecular flexibility index (Phi) is 5.93. The topological polar surface area (TPSA) is 63.3 Å². The van der Waals surface area contributed by atoms with Crippen LogP contribution < -0.4 is 9.47 Å². The summed E-state index contributed by atoms with van der Waals surface area (Å²) in [5.41, 5.74) is 5.53. The number of H-pyrrole nitrogens is 1. The number of pyridine rings is 1. The van der Waals surface area contributed by atoms with Crippen LogP contribution in [0.15, 0.2) is 60.9 Å². The number of fused-ring (bicyclic) bond motifs is 3. The molecular formula is C29H29FN4O2. The minimum absolute atomic E-state index is 0.365. The second kappa shape index (κ2) is 9.39. The number of nitrogens with zero attached hydrogens (tertiary/aromatic N) is 3. The van der Waals surface area contributed by atoms with E-state index in [4.69, 9.17) is 9.47 Å². The van der Waals surface area contributed by atoms with Crippen molar-refractivity contribution in [2.24, 2.45) is 5.92 Å². The summed E-state index contributed by atoms with van der Waals surface area (Å²) in [6.07, 6.45) is 3.88. The second-order valence-electron chi connectivity index (χ2n) is 9.62. The molecule has 4 heterocycles. The number of halogens is 1. The van der Waals surface area contributed by atoms with Crippen molar-refractivity contribution in [1.82, 2.24) is 20.1 Å². The van der Waals surface area contributed by atoms with Crippen molar-refractivity contribution < 1.29 is 13.9 Å². The Balaban J connectivity index is 1.29. The van der Waals surface area contributed by atoms with E-state index in [2.05, 4.69) is 33.9 Å². The molecule has 1 unspecified atom stereocenters. The van der Waals surface area contributed by atoms with E-state index in [-0.39, 0.29) is 5.82 Å². The Morgan fingerprint density at radius 2 is 1.92 bits per heavy atom. The van der Waals surface area contributed by atoms with Crippen LogP contribution >= 0.6 is 0 Å². The number of ether oxygens (including phenoxy) is 2. The summed E-state index contributed by atoms with van der Waals surface area (Å²) in [6.45, 7) is 8.29. The van der Waals surface area contributed by atoms with E-state index < -0.39 is 6.10 Å². The third kappa shape index (κ3) is 4.13. The Morgan fingerprint density at radius 3 is 2.67 bits per heavy atom. The molecule has 0 bridgehead atoms. The fraction of sp³-hybridized carbons (Fsp3) is 0.310. The van der Waals surface area contributed by atoms with E-state index in [1.54, 1.807) is 12.3 Å². The smallest absolute Gasteiger partial charge is 0.151 e. The lowest BCUT2D eigenvalue weighted by molar-refractivity contribution is 0.0806. The lowest BCUT2D eigenvalue weighted by Crippen LogP contribution is -2.47. The molecule has 0 spiro atoms. The molecule has 6 rings (SSSR count). The average molecular weight is 485 g/mol. The molecule has 7 heteroatoms. The highest BCUT2D eigenvalue weighted by Gasteiger charge is 2.31. The summed E-state index contributed by atoms with van der Waals surface area (Å²) in [7, 11) is 0. The first-order valence-corrected chi connectivity index (χ1v) is 12.5. The van der Waals surface area contributed by atoms with Gasteiger partial charge in [0.05, 0.1) is 29.0 Å². The second-order valence-corrected chi connectivity index (χ2v) is 9.62. The number of allylic oxidation sites excluding steroid dienone is 1. The van der Waals surface area contributed by atoms with E-state index in [1.165, 1.54) is 31.8 Å². The third-order valence-electron chi connectivity index (χ3n) is 7.35. The van der Waals surface area contributed by atoms with Gasteiger partial charge < -0.3 is 9.47 Å². The number of benzene rings is 2. The molecule has 0 radical (unpaired) electrons. The van der Waals surface area contributed by atoms with Gasteiger partial charge >= 0.3 is 0 Å². The summed E-state index contributed by atoms with van der Waals surface area (Å²) in [5.74, 6) is 2.10. The molecule has 1 N–H and O–H groups in total. The van der Waals surface area contributed by atoms with Gasteiger partial charge in [0.15, 0.2) is 6.10 Å². The van der Waals surface area contributed by atoms with Gasteiger partial charge in [-0.1, -0.05) is 25.5 Å². The number of hydrogen-bond acceptors (Lipinski definition) is 5. The Hall–Kier alpha value is -3.71. The summed E-state index contributed by atoms with van der Waals surface area (Å²) in [4.78, 5) is 6.82. The van der Waals surface area contributed by atoms with Crippen molar-refractivity contribution in [3.63, 3.8) is 0 Å². The summed E-state index contributed by atoms with van der Waals surface area (Å²) in [5, 5.41) is 8.14. The van der Waals surface area contributed by atoms with E-state index in [0.717, 1.165) is 57.1 Å². The molecule has 36 heavy (non-hydrogen) atoms. The molecule has 4 aromatic rings. The Labute approximate surface area is 209 Å². The molecular weight excluding hydrogens is 455 g/mol. The van der Waals surface area contributed by atoms with Crippen LogP contribution in [0.1, 0.15) is 43.2 Å². The SMILES string of the molecule is CCC1CN(CCOc2ccc(C3Oc4c(ccc5[nH]ncc45)C(C)=C3c3ccc(F)cn3)cc2)C1. The van der Waals surface area contributed by atoms with Crippen LogP contribution in [0, 0.1) is 11.7 Å². The molecule has 1 fully saturated rings. The van der Waals surface area contributed by atoms with Crippen molar-refractivity contribution in [3.8, 4) is 11.5 Å². The van der Waals surface area contributed by atoms with Crippen LogP contribution in [-0.4, -0.2) is 46.3 Å². The zero-order valence-electron chi connectivity index (χ0n) is 20.5. The highest BCUT2D eigenvalue weighted by atomic mass is 19.1. The molecule has 0 aliphatic carbocycles. The van der Waals surface area contributed by atoms with Crippen LogP contribution in [0.5, 0.6) is 11.5 Å². The summed E-state index contributed by atoms with van der Waals surface area (Å²) >= 11 is 0. The first kappa shape index (κ1) is 22.7. The van der Waals surface area contributed by atoms with E-state index in [0.29, 0.717) is 12.3 Å². The van der Waals surface area contributed by atoms with Crippen LogP contribution in [-0.2, 0) is 0 Å². The molecule has 184 valence electrons. The number of rotatable bonds is 7. The largest absolute Gasteiger partial charge is 0.492 e. The van der Waals surface area contributed by atoms with Crippen molar-refractivity contribution in [1.29, 1.82) is 0 Å². The predicted molar refractivity (Wildman–Crippen MR) is 138 cm³/mol. The number of likely N-dealkylation sites (tertiary alicyclic amines) is 1. The normalized spacial score (nSPS) is 18.1. The molecule has 2 aliphatic heterocycles. The van der Waals surface area contributed by atoms with Crippen LogP contribution in [0.3, 0.4) is 0 Å². The van der Waals surface area contributed by atoms with Crippen molar-refractivity contribution in [2.75, 3.05) is 26.2 Å². The molecule has 2 aliphatic rings. The highest BCUT2D eigenvalue weighted by Crippen LogP contribution is 2.48. The quantitative estimate of drug-likeness (QED) is 0.355. The molecule has 2 aromatic carbocycles. The summed E-state index contributed by atoms with van der Waals surface area (Å²) < 4.78 is 26.3. The van der Waals surface area contributed by atoms with Gasteiger partial charge in [-0.15, -0.1) is 0 Å². The zero-order valence-corrected chi connectivity index (χ0v) is 20.5. The molecule has 0 amide bonds. The van der Waals surface area contributed by atoms with Crippen LogP contribution in [0.4, 0.5) is 4.39 Å². The highest BCUT2D eigenvalue weighted by molar-refractivity contribution is 6.00. The number of hydrogen-bond donors (Lipinski definition) is 1. The van der Waals surface area contributed by atoms with Crippen LogP contribution in [0.2, 0.25) is 0 Å². The Morgan fingerprint density at radius 1 is 1.08 bits per heavy atom. The maximum Gasteiger partial charge on any atom is 0.151 e. The lowest BCUT2D eigenvalue weighted by Gasteiger charge is -2.38. The van der Waals surface area contributed by atoms with E-state index in [1.807, 2.05) is 36.4 Å². The zero-order chi connectivity index (χ0) is 24.6. The first-order chi connectivity index (χ1) is 17.6. The average Bonchev–Trinajstić information content (AvgIpc) is 3.36. The molecule has 2 aromatic heterocycles. The fourth-order valence-electron chi connectivity index (χ4n) is 5.18. The van der Waals surface area contributed by atoms with Gasteiger partial charge in [-0.2, -0.15) is 5.10 Å². The van der Waals surface area contributed by atoms with Gasteiger partial charge in [0, 0.05) is 30.8 Å². The lowest BCUT2D eigenvalue weighted by atomic mass is 9.87. The van der Waals surface area contributed by atoms with E-state index in [9.17, 15) is 4.39 Å². The molecule has 0 saturated carbocycles. The number of nitrogens with one attached hydrogen (secondary N) is 1. The number of aromatic nitrogens is 3. The first-order valence-electron chi connectivity index (χ1n) is 12.5. The molecule has 1 atom stereocenters. The van der Waals surface area contributed by atoms with Crippen molar-refractivity contribution in [2.45, 2.75) is 26.4 Å². The van der Waals surface area contributed by atoms with Gasteiger partial charge in [0.25, 0.3) is 0 Å². The van der Waals surface area contributed by atoms with Crippen molar-refractivity contribution in [3.05, 3.63) is 83.6 Å². The standard InChI is InChI=1S/C29H29FN4O2/c1-3-19-16-34(17-19)12-13-35-22-7-4-20(5-8-22)28-27(26-10-6-21(30)14-31-26)18(2)23-9-11-25-24(15-32-33-25)29(23)36-28/h4-11,14-15,19,28H,3,12-13,16-17H2,1-2H3,(H,32,33). The minimum Gasteiger partial charge on any atom is -0.492 e. The van der Waals surface area contributed by atoms with Gasteiger partial charge in [-0.25, -0.2) is 4.39 Å².